The van der Waals surface area contributed by atoms with Crippen LogP contribution in [0.2, 0.25) is 5.02 Å². The van der Waals surface area contributed by atoms with Gasteiger partial charge in [-0.3, -0.25) is 4.79 Å². The van der Waals surface area contributed by atoms with Crippen LogP contribution in [0, 0.1) is 0 Å². The monoisotopic (exact) mass is 562 g/mol. The van der Waals surface area contributed by atoms with Gasteiger partial charge in [-0.05, 0) is 36.4 Å². The third-order valence-corrected chi connectivity index (χ3v) is 7.44. The zero-order valence-corrected chi connectivity index (χ0v) is 23.3. The summed E-state index contributed by atoms with van der Waals surface area (Å²) in [6, 6.07) is 32.0. The molecule has 1 aliphatic heterocycles. The van der Waals surface area contributed by atoms with Crippen molar-refractivity contribution >= 4 is 23.2 Å². The highest BCUT2D eigenvalue weighted by atomic mass is 35.5. The molecule has 6 rings (SSSR count). The Kier molecular flexibility index (Phi) is 7.27. The van der Waals surface area contributed by atoms with Crippen molar-refractivity contribution in [3.8, 4) is 28.4 Å². The lowest BCUT2D eigenvalue weighted by atomic mass is 9.95. The molecule has 7 nitrogen and oxygen atoms in total. The molecule has 5 aromatic rings. The Morgan fingerprint density at radius 3 is 2.29 bits per heavy atom. The Labute approximate surface area is 243 Å². The van der Waals surface area contributed by atoms with Crippen molar-refractivity contribution in [2.45, 2.75) is 12.5 Å². The van der Waals surface area contributed by atoms with Crippen molar-refractivity contribution in [3.63, 3.8) is 0 Å². The maximum atomic E-state index is 14.1. The number of para-hydroxylation sites is 1. The number of hydrogen-bond donors (Lipinski definition) is 0. The fourth-order valence-electron chi connectivity index (χ4n) is 5.06. The number of carbonyl (C=O) groups is 1. The SMILES string of the molecule is COc1ccc(C2=NN(C(=O)c3ccccc3Cl)[C@@H](c3cn(-c4ccccc4)nc3-c3ccccc3)C2)c(OC)c1. The van der Waals surface area contributed by atoms with Gasteiger partial charge < -0.3 is 9.47 Å². The normalized spacial score (nSPS) is 14.6. The van der Waals surface area contributed by atoms with E-state index >= 15 is 0 Å². The summed E-state index contributed by atoms with van der Waals surface area (Å²) in [5.41, 5.74) is 5.36. The number of ether oxygens (including phenoxy) is 2. The van der Waals surface area contributed by atoms with Gasteiger partial charge in [0.15, 0.2) is 0 Å². The summed E-state index contributed by atoms with van der Waals surface area (Å²) in [5, 5.41) is 11.8. The van der Waals surface area contributed by atoms with Gasteiger partial charge in [-0.1, -0.05) is 72.3 Å². The molecule has 0 spiro atoms. The summed E-state index contributed by atoms with van der Waals surface area (Å²) in [4.78, 5) is 14.1. The molecule has 1 amide bonds. The molecular formula is C33H27ClN4O3. The first kappa shape index (κ1) is 26.3. The van der Waals surface area contributed by atoms with E-state index in [0.29, 0.717) is 34.2 Å². The van der Waals surface area contributed by atoms with Crippen LogP contribution in [-0.4, -0.2) is 40.6 Å². The van der Waals surface area contributed by atoms with Crippen molar-refractivity contribution < 1.29 is 14.3 Å². The number of halogens is 1. The zero-order chi connectivity index (χ0) is 28.3. The van der Waals surface area contributed by atoms with E-state index in [9.17, 15) is 4.79 Å². The van der Waals surface area contributed by atoms with Gasteiger partial charge in [0.05, 0.1) is 47.9 Å². The minimum atomic E-state index is -0.451. The summed E-state index contributed by atoms with van der Waals surface area (Å²) < 4.78 is 12.9. The number of carbonyl (C=O) groups excluding carboxylic acids is 1. The van der Waals surface area contributed by atoms with Gasteiger partial charge >= 0.3 is 0 Å². The Bertz CT molecular complexity index is 1730. The van der Waals surface area contributed by atoms with Crippen LogP contribution in [-0.2, 0) is 0 Å². The summed E-state index contributed by atoms with van der Waals surface area (Å²) in [6.45, 7) is 0. The van der Waals surface area contributed by atoms with Crippen LogP contribution >= 0.6 is 11.6 Å². The molecule has 0 fully saturated rings. The highest BCUT2D eigenvalue weighted by Gasteiger charge is 2.38. The van der Waals surface area contributed by atoms with Crippen LogP contribution in [0.1, 0.15) is 33.9 Å². The van der Waals surface area contributed by atoms with E-state index in [1.54, 1.807) is 38.5 Å². The zero-order valence-electron chi connectivity index (χ0n) is 22.6. The highest BCUT2D eigenvalue weighted by Crippen LogP contribution is 2.41. The molecule has 0 unspecified atom stereocenters. The summed E-state index contributed by atoms with van der Waals surface area (Å²) in [6.07, 6.45) is 2.43. The first-order valence-corrected chi connectivity index (χ1v) is 13.5. The number of hydrazone groups is 1. The smallest absolute Gasteiger partial charge is 0.276 e. The van der Waals surface area contributed by atoms with Gasteiger partial charge in [0, 0.05) is 35.4 Å². The Morgan fingerprint density at radius 2 is 1.59 bits per heavy atom. The lowest BCUT2D eigenvalue weighted by molar-refractivity contribution is 0.0712. The van der Waals surface area contributed by atoms with E-state index in [1.807, 2.05) is 89.7 Å². The van der Waals surface area contributed by atoms with Crippen LogP contribution in [0.4, 0.5) is 0 Å². The summed E-state index contributed by atoms with van der Waals surface area (Å²) >= 11 is 6.49. The molecule has 8 heteroatoms. The molecule has 1 aromatic heterocycles. The average Bonchev–Trinajstić information content (AvgIpc) is 3.67. The molecule has 1 aliphatic rings. The molecule has 0 saturated heterocycles. The van der Waals surface area contributed by atoms with Crippen LogP contribution in [0.25, 0.3) is 16.9 Å². The van der Waals surface area contributed by atoms with E-state index in [0.717, 1.165) is 28.1 Å². The van der Waals surface area contributed by atoms with Crippen LogP contribution < -0.4 is 9.47 Å². The topological polar surface area (TPSA) is 69.0 Å². The van der Waals surface area contributed by atoms with Crippen LogP contribution in [0.15, 0.2) is 114 Å². The van der Waals surface area contributed by atoms with Gasteiger partial charge in [0.1, 0.15) is 11.5 Å². The third-order valence-electron chi connectivity index (χ3n) is 7.11. The molecule has 1 atom stereocenters. The maximum Gasteiger partial charge on any atom is 0.276 e. The molecule has 2 heterocycles. The van der Waals surface area contributed by atoms with E-state index in [-0.39, 0.29) is 5.91 Å². The number of methoxy groups -OCH3 is 2. The number of nitrogens with zero attached hydrogens (tertiary/aromatic N) is 4. The highest BCUT2D eigenvalue weighted by molar-refractivity contribution is 6.33. The van der Waals surface area contributed by atoms with E-state index in [2.05, 4.69) is 0 Å². The van der Waals surface area contributed by atoms with Crippen molar-refractivity contribution in [1.29, 1.82) is 0 Å². The van der Waals surface area contributed by atoms with Gasteiger partial charge in [0.2, 0.25) is 0 Å². The van der Waals surface area contributed by atoms with Crippen molar-refractivity contribution in [3.05, 3.63) is 131 Å². The molecule has 204 valence electrons. The lowest BCUT2D eigenvalue weighted by Crippen LogP contribution is -2.27. The average molecular weight is 563 g/mol. The quantitative estimate of drug-likeness (QED) is 0.210. The number of amides is 1. The van der Waals surface area contributed by atoms with Crippen molar-refractivity contribution in [2.24, 2.45) is 5.10 Å². The predicted molar refractivity (Wildman–Crippen MR) is 160 cm³/mol. The van der Waals surface area contributed by atoms with Gasteiger partial charge in [-0.25, -0.2) is 9.69 Å². The van der Waals surface area contributed by atoms with E-state index in [1.165, 1.54) is 5.01 Å². The van der Waals surface area contributed by atoms with Gasteiger partial charge in [-0.15, -0.1) is 0 Å². The van der Waals surface area contributed by atoms with Crippen molar-refractivity contribution in [1.82, 2.24) is 14.8 Å². The second-order valence-corrected chi connectivity index (χ2v) is 9.95. The third kappa shape index (κ3) is 5.08. The van der Waals surface area contributed by atoms with Crippen LogP contribution in [0.5, 0.6) is 11.5 Å². The number of benzene rings is 4. The van der Waals surface area contributed by atoms with Gasteiger partial charge in [-0.2, -0.15) is 10.2 Å². The maximum absolute atomic E-state index is 14.1. The van der Waals surface area contributed by atoms with Gasteiger partial charge in [0.25, 0.3) is 5.91 Å². The largest absolute Gasteiger partial charge is 0.497 e. The Balaban J connectivity index is 1.51. The minimum Gasteiger partial charge on any atom is -0.497 e. The molecule has 4 aromatic carbocycles. The molecule has 41 heavy (non-hydrogen) atoms. The van der Waals surface area contributed by atoms with E-state index in [4.69, 9.17) is 31.3 Å². The summed E-state index contributed by atoms with van der Waals surface area (Å²) in [7, 11) is 3.21. The second-order valence-electron chi connectivity index (χ2n) is 9.54. The first-order chi connectivity index (χ1) is 20.1. The fourth-order valence-corrected chi connectivity index (χ4v) is 5.28. The minimum absolute atomic E-state index is 0.297. The molecule has 0 N–H and O–H groups in total. The van der Waals surface area contributed by atoms with Crippen LogP contribution in [0.3, 0.4) is 0 Å². The predicted octanol–water partition coefficient (Wildman–Crippen LogP) is 7.20. The molecule has 0 bridgehead atoms. The molecule has 0 saturated carbocycles. The Hall–Kier alpha value is -4.88. The molecule has 0 aliphatic carbocycles. The Morgan fingerprint density at radius 1 is 0.878 bits per heavy atom. The van der Waals surface area contributed by atoms with E-state index < -0.39 is 6.04 Å². The number of aromatic nitrogens is 2. The lowest BCUT2D eigenvalue weighted by Gasteiger charge is -2.22. The molecular weight excluding hydrogens is 536 g/mol. The fraction of sp³-hybridized carbons (Fsp3) is 0.121. The summed E-state index contributed by atoms with van der Waals surface area (Å²) in [5.74, 6) is 0.979. The number of hydrogen-bond acceptors (Lipinski definition) is 5. The molecule has 0 radical (unpaired) electrons. The van der Waals surface area contributed by atoms with Crippen molar-refractivity contribution in [2.75, 3.05) is 14.2 Å². The second kappa shape index (κ2) is 11.3. The standard InChI is InChI=1S/C33H27ClN4O3/c1-40-24-17-18-26(31(19-24)41-2)29-20-30(38(35-29)33(39)25-15-9-10-16-28(25)34)27-21-37(23-13-7-4-8-14-23)36-32(27)22-11-5-3-6-12-22/h3-19,21,30H,20H2,1-2H3/t30-/m1/s1. The first-order valence-electron chi connectivity index (χ1n) is 13.2. The number of rotatable bonds is 7.